The van der Waals surface area contributed by atoms with Crippen LogP contribution in [-0.2, 0) is 0 Å². The third kappa shape index (κ3) is 5.89. The average molecular weight is 225 g/mol. The molecule has 96 valence electrons. The van der Waals surface area contributed by atoms with Gasteiger partial charge in [0.25, 0.3) is 0 Å². The fourth-order valence-electron chi connectivity index (χ4n) is 2.79. The van der Waals surface area contributed by atoms with Gasteiger partial charge in [-0.2, -0.15) is 0 Å². The van der Waals surface area contributed by atoms with Gasteiger partial charge in [0.1, 0.15) is 0 Å². The molecule has 16 heavy (non-hydrogen) atoms. The first-order valence-electron chi connectivity index (χ1n) is 7.30. The summed E-state index contributed by atoms with van der Waals surface area (Å²) in [5.41, 5.74) is 0. The summed E-state index contributed by atoms with van der Waals surface area (Å²) in [6.45, 7) is 13.3. The molecule has 0 radical (unpaired) electrons. The molecule has 1 heteroatoms. The summed E-state index contributed by atoms with van der Waals surface area (Å²) in [5, 5.41) is 0. The minimum Gasteiger partial charge on any atom is -0.303 e. The number of hydrogen-bond donors (Lipinski definition) is 0. The molecule has 0 aromatic heterocycles. The zero-order valence-electron chi connectivity index (χ0n) is 11.8. The van der Waals surface area contributed by atoms with E-state index >= 15 is 0 Å². The summed E-state index contributed by atoms with van der Waals surface area (Å²) < 4.78 is 0. The van der Waals surface area contributed by atoms with Gasteiger partial charge >= 0.3 is 0 Å². The van der Waals surface area contributed by atoms with Gasteiger partial charge in [-0.15, -0.1) is 0 Å². The van der Waals surface area contributed by atoms with Crippen molar-refractivity contribution in [2.24, 2.45) is 17.8 Å². The first kappa shape index (κ1) is 14.0. The summed E-state index contributed by atoms with van der Waals surface area (Å²) in [5.74, 6) is 2.75. The Hall–Kier alpha value is -0.0400. The molecule has 0 atom stereocenters. The molecule has 1 rings (SSSR count). The predicted molar refractivity (Wildman–Crippen MR) is 72.7 cm³/mol. The van der Waals surface area contributed by atoms with Crippen LogP contribution in [0.15, 0.2) is 0 Å². The largest absolute Gasteiger partial charge is 0.303 e. The Kier molecular flexibility index (Phi) is 6.41. The van der Waals surface area contributed by atoms with Crippen molar-refractivity contribution in [1.82, 2.24) is 4.90 Å². The highest BCUT2D eigenvalue weighted by Crippen LogP contribution is 2.23. The van der Waals surface area contributed by atoms with Crippen molar-refractivity contribution < 1.29 is 0 Å². The van der Waals surface area contributed by atoms with E-state index in [1.54, 1.807) is 0 Å². The van der Waals surface area contributed by atoms with E-state index in [4.69, 9.17) is 0 Å². The predicted octanol–water partition coefficient (Wildman–Crippen LogP) is 4.18. The zero-order chi connectivity index (χ0) is 12.0. The van der Waals surface area contributed by atoms with Crippen LogP contribution in [0.3, 0.4) is 0 Å². The van der Waals surface area contributed by atoms with Gasteiger partial charge in [0, 0.05) is 6.54 Å². The van der Waals surface area contributed by atoms with E-state index in [0.29, 0.717) is 0 Å². The van der Waals surface area contributed by atoms with Gasteiger partial charge in [-0.1, -0.05) is 47.0 Å². The number of hydrogen-bond acceptors (Lipinski definition) is 1. The molecule has 1 aliphatic rings. The molecule has 1 heterocycles. The lowest BCUT2D eigenvalue weighted by Crippen LogP contribution is -2.36. The van der Waals surface area contributed by atoms with Gasteiger partial charge in [-0.25, -0.2) is 0 Å². The molecule has 1 fully saturated rings. The molecule has 1 aliphatic heterocycles. The third-order valence-electron chi connectivity index (χ3n) is 3.72. The highest BCUT2D eigenvalue weighted by molar-refractivity contribution is 4.73. The van der Waals surface area contributed by atoms with E-state index in [-0.39, 0.29) is 0 Å². The van der Waals surface area contributed by atoms with Gasteiger partial charge < -0.3 is 4.90 Å². The standard InChI is InChI=1S/C15H31N/c1-13(2)6-5-7-15-8-10-16(11-9-15)12-14(3)4/h13-15H,5-12H2,1-4H3. The van der Waals surface area contributed by atoms with E-state index in [9.17, 15) is 0 Å². The maximum absolute atomic E-state index is 2.66. The molecule has 0 aliphatic carbocycles. The topological polar surface area (TPSA) is 3.24 Å². The van der Waals surface area contributed by atoms with E-state index in [0.717, 1.165) is 17.8 Å². The Balaban J connectivity index is 2.07. The summed E-state index contributed by atoms with van der Waals surface area (Å²) in [7, 11) is 0. The lowest BCUT2D eigenvalue weighted by atomic mass is 9.90. The molecule has 0 unspecified atom stereocenters. The minimum absolute atomic E-state index is 0.831. The van der Waals surface area contributed by atoms with Gasteiger partial charge in [0.05, 0.1) is 0 Å². The maximum atomic E-state index is 2.66. The SMILES string of the molecule is CC(C)CCCC1CCN(CC(C)C)CC1. The van der Waals surface area contributed by atoms with Crippen LogP contribution >= 0.6 is 0 Å². The summed E-state index contributed by atoms with van der Waals surface area (Å²) in [4.78, 5) is 2.66. The van der Waals surface area contributed by atoms with E-state index in [1.165, 1.54) is 51.7 Å². The zero-order valence-corrected chi connectivity index (χ0v) is 11.8. The molecule has 0 bridgehead atoms. The summed E-state index contributed by atoms with van der Waals surface area (Å²) in [6.07, 6.45) is 7.25. The van der Waals surface area contributed by atoms with Crippen molar-refractivity contribution in [3.05, 3.63) is 0 Å². The Morgan fingerprint density at radius 1 is 1.00 bits per heavy atom. The second-order valence-corrected chi connectivity index (χ2v) is 6.46. The van der Waals surface area contributed by atoms with Gasteiger partial charge in [-0.05, 0) is 43.7 Å². The second kappa shape index (κ2) is 7.32. The van der Waals surface area contributed by atoms with Crippen LogP contribution in [0.2, 0.25) is 0 Å². The van der Waals surface area contributed by atoms with Gasteiger partial charge in [-0.3, -0.25) is 0 Å². The molecule has 1 saturated heterocycles. The van der Waals surface area contributed by atoms with Crippen LogP contribution in [0.1, 0.15) is 59.8 Å². The van der Waals surface area contributed by atoms with Crippen molar-refractivity contribution >= 4 is 0 Å². The fourth-order valence-corrected chi connectivity index (χ4v) is 2.79. The van der Waals surface area contributed by atoms with Crippen LogP contribution in [-0.4, -0.2) is 24.5 Å². The van der Waals surface area contributed by atoms with Crippen molar-refractivity contribution in [3.8, 4) is 0 Å². The lowest BCUT2D eigenvalue weighted by molar-refractivity contribution is 0.161. The van der Waals surface area contributed by atoms with Crippen LogP contribution in [0.25, 0.3) is 0 Å². The third-order valence-corrected chi connectivity index (χ3v) is 3.72. The molecule has 0 amide bonds. The second-order valence-electron chi connectivity index (χ2n) is 6.46. The summed E-state index contributed by atoms with van der Waals surface area (Å²) in [6, 6.07) is 0. The van der Waals surface area contributed by atoms with E-state index < -0.39 is 0 Å². The molecule has 0 N–H and O–H groups in total. The summed E-state index contributed by atoms with van der Waals surface area (Å²) >= 11 is 0. The van der Waals surface area contributed by atoms with Crippen LogP contribution in [0.4, 0.5) is 0 Å². The normalized spacial score (nSPS) is 19.9. The Morgan fingerprint density at radius 3 is 2.12 bits per heavy atom. The molecule has 0 saturated carbocycles. The minimum atomic E-state index is 0.831. The molecule has 0 aromatic rings. The fraction of sp³-hybridized carbons (Fsp3) is 1.00. The highest BCUT2D eigenvalue weighted by atomic mass is 15.1. The first-order chi connectivity index (χ1) is 7.58. The number of rotatable bonds is 6. The smallest absolute Gasteiger partial charge is 0.000439 e. The molecule has 1 nitrogen and oxygen atoms in total. The first-order valence-corrected chi connectivity index (χ1v) is 7.30. The van der Waals surface area contributed by atoms with Crippen molar-refractivity contribution in [2.45, 2.75) is 59.8 Å². The van der Waals surface area contributed by atoms with E-state index in [2.05, 4.69) is 32.6 Å². The quantitative estimate of drug-likeness (QED) is 0.655. The lowest BCUT2D eigenvalue weighted by Gasteiger charge is -2.33. The van der Waals surface area contributed by atoms with Gasteiger partial charge in [0.15, 0.2) is 0 Å². The van der Waals surface area contributed by atoms with Crippen LogP contribution in [0.5, 0.6) is 0 Å². The van der Waals surface area contributed by atoms with Crippen molar-refractivity contribution in [1.29, 1.82) is 0 Å². The van der Waals surface area contributed by atoms with Crippen LogP contribution in [0, 0.1) is 17.8 Å². The van der Waals surface area contributed by atoms with Crippen molar-refractivity contribution in [3.63, 3.8) is 0 Å². The monoisotopic (exact) mass is 225 g/mol. The van der Waals surface area contributed by atoms with E-state index in [1.807, 2.05) is 0 Å². The molecule has 0 aromatic carbocycles. The molecular formula is C15H31N. The van der Waals surface area contributed by atoms with Gasteiger partial charge in [0.2, 0.25) is 0 Å². The highest BCUT2D eigenvalue weighted by Gasteiger charge is 2.19. The van der Waals surface area contributed by atoms with Crippen LogP contribution < -0.4 is 0 Å². The molecule has 0 spiro atoms. The number of nitrogens with zero attached hydrogens (tertiary/aromatic N) is 1. The van der Waals surface area contributed by atoms with Crippen molar-refractivity contribution in [2.75, 3.05) is 19.6 Å². The average Bonchev–Trinajstić information content (AvgIpc) is 2.19. The maximum Gasteiger partial charge on any atom is 0.000439 e. The Morgan fingerprint density at radius 2 is 1.62 bits per heavy atom. The Bertz CT molecular complexity index is 166. The Labute approximate surface area is 103 Å². The number of likely N-dealkylation sites (tertiary alicyclic amines) is 1. The number of piperidine rings is 1. The molecular weight excluding hydrogens is 194 g/mol.